The predicted molar refractivity (Wildman–Crippen MR) is 63.8 cm³/mol. The van der Waals surface area contributed by atoms with Crippen LogP contribution in [0.15, 0.2) is 30.5 Å². The van der Waals surface area contributed by atoms with Gasteiger partial charge >= 0.3 is 0 Å². The van der Waals surface area contributed by atoms with E-state index in [-0.39, 0.29) is 6.42 Å². The first kappa shape index (κ1) is 12.6. The lowest BCUT2D eigenvalue weighted by atomic mass is 10.0. The summed E-state index contributed by atoms with van der Waals surface area (Å²) in [6.45, 7) is 1.76. The van der Waals surface area contributed by atoms with Crippen LogP contribution >= 0.6 is 0 Å². The lowest BCUT2D eigenvalue weighted by Crippen LogP contribution is -2.16. The summed E-state index contributed by atoms with van der Waals surface area (Å²) in [6, 6.07) is 4.73. The number of nitrogens with zero attached hydrogens (tertiary/aromatic N) is 2. The highest BCUT2D eigenvalue weighted by Gasteiger charge is 2.12. The molecule has 0 aliphatic carbocycles. The minimum Gasteiger partial charge on any atom is -0.322 e. The summed E-state index contributed by atoms with van der Waals surface area (Å²) < 4.78 is 26.2. The van der Waals surface area contributed by atoms with Crippen LogP contribution in [-0.2, 0) is 6.42 Å². The molecule has 2 aromatic rings. The lowest BCUT2D eigenvalue weighted by Gasteiger charge is -2.12. The van der Waals surface area contributed by atoms with Gasteiger partial charge < -0.3 is 5.73 Å². The molecule has 0 saturated carbocycles. The van der Waals surface area contributed by atoms with Crippen LogP contribution in [0, 0.1) is 18.6 Å². The van der Waals surface area contributed by atoms with Crippen molar-refractivity contribution < 1.29 is 8.78 Å². The normalized spacial score (nSPS) is 12.4. The Bertz CT molecular complexity index is 558. The molecule has 1 unspecified atom stereocenters. The van der Waals surface area contributed by atoms with E-state index in [2.05, 4.69) is 9.97 Å². The van der Waals surface area contributed by atoms with Crippen LogP contribution in [0.25, 0.3) is 0 Å². The molecule has 5 heteroatoms. The third-order valence-corrected chi connectivity index (χ3v) is 2.63. The molecule has 0 radical (unpaired) electrons. The number of hydrogen-bond donors (Lipinski definition) is 1. The van der Waals surface area contributed by atoms with Gasteiger partial charge in [0.05, 0.1) is 11.7 Å². The zero-order chi connectivity index (χ0) is 13.1. The van der Waals surface area contributed by atoms with E-state index in [4.69, 9.17) is 5.73 Å². The molecule has 0 amide bonds. The van der Waals surface area contributed by atoms with Crippen LogP contribution in [0.3, 0.4) is 0 Å². The Kier molecular flexibility index (Phi) is 3.62. The van der Waals surface area contributed by atoms with Gasteiger partial charge in [0, 0.05) is 12.3 Å². The number of rotatable bonds is 3. The van der Waals surface area contributed by atoms with Crippen molar-refractivity contribution in [2.75, 3.05) is 0 Å². The molecular formula is C13H13F2N3. The maximum Gasteiger partial charge on any atom is 0.129 e. The molecule has 1 aromatic heterocycles. The fourth-order valence-corrected chi connectivity index (χ4v) is 1.71. The van der Waals surface area contributed by atoms with E-state index in [0.717, 1.165) is 6.07 Å². The van der Waals surface area contributed by atoms with Crippen LogP contribution in [0.5, 0.6) is 0 Å². The maximum atomic E-state index is 13.5. The standard InChI is InChI=1S/C13H13F2N3/c1-8-17-5-4-13(18-8)12(16)6-9-2-3-10(14)7-11(9)15/h2-5,7,12H,6,16H2,1H3. The highest BCUT2D eigenvalue weighted by molar-refractivity contribution is 5.21. The molecule has 0 bridgehead atoms. The van der Waals surface area contributed by atoms with Crippen molar-refractivity contribution in [1.82, 2.24) is 9.97 Å². The summed E-state index contributed by atoms with van der Waals surface area (Å²) in [6.07, 6.45) is 1.88. The molecule has 94 valence electrons. The van der Waals surface area contributed by atoms with Crippen molar-refractivity contribution in [2.24, 2.45) is 5.73 Å². The molecule has 2 N–H and O–H groups in total. The highest BCUT2D eigenvalue weighted by Crippen LogP contribution is 2.17. The first-order valence-electron chi connectivity index (χ1n) is 5.55. The fourth-order valence-electron chi connectivity index (χ4n) is 1.71. The van der Waals surface area contributed by atoms with Crippen LogP contribution in [0.1, 0.15) is 23.1 Å². The SMILES string of the molecule is Cc1nccc(C(N)Cc2ccc(F)cc2F)n1. The molecule has 18 heavy (non-hydrogen) atoms. The summed E-state index contributed by atoms with van der Waals surface area (Å²) in [5.41, 5.74) is 6.97. The number of halogens is 2. The Balaban J connectivity index is 2.18. The van der Waals surface area contributed by atoms with Crippen LogP contribution in [0.2, 0.25) is 0 Å². The molecular weight excluding hydrogens is 236 g/mol. The summed E-state index contributed by atoms with van der Waals surface area (Å²) in [7, 11) is 0. The Labute approximate surface area is 104 Å². The van der Waals surface area contributed by atoms with Gasteiger partial charge in [-0.2, -0.15) is 0 Å². The zero-order valence-corrected chi connectivity index (χ0v) is 9.90. The summed E-state index contributed by atoms with van der Waals surface area (Å²) in [5.74, 6) is -0.568. The van der Waals surface area contributed by atoms with Gasteiger partial charge in [-0.3, -0.25) is 0 Å². The van der Waals surface area contributed by atoms with Gasteiger partial charge in [-0.1, -0.05) is 6.07 Å². The van der Waals surface area contributed by atoms with E-state index in [1.807, 2.05) is 0 Å². The molecule has 3 nitrogen and oxygen atoms in total. The topological polar surface area (TPSA) is 51.8 Å². The van der Waals surface area contributed by atoms with E-state index in [0.29, 0.717) is 17.1 Å². The number of benzene rings is 1. The molecule has 0 saturated heterocycles. The van der Waals surface area contributed by atoms with Crippen molar-refractivity contribution >= 4 is 0 Å². The predicted octanol–water partition coefficient (Wildman–Crippen LogP) is 2.31. The first-order chi connectivity index (χ1) is 8.56. The molecule has 0 fully saturated rings. The van der Waals surface area contributed by atoms with E-state index in [1.54, 1.807) is 19.2 Å². The summed E-state index contributed by atoms with van der Waals surface area (Å²) in [4.78, 5) is 8.15. The quantitative estimate of drug-likeness (QED) is 0.908. The average Bonchev–Trinajstić information content (AvgIpc) is 2.32. The van der Waals surface area contributed by atoms with Crippen molar-refractivity contribution in [3.63, 3.8) is 0 Å². The Morgan fingerprint density at radius 1 is 1.28 bits per heavy atom. The Hall–Kier alpha value is -1.88. The first-order valence-corrected chi connectivity index (χ1v) is 5.55. The van der Waals surface area contributed by atoms with E-state index in [9.17, 15) is 8.78 Å². The fraction of sp³-hybridized carbons (Fsp3) is 0.231. The van der Waals surface area contributed by atoms with Gasteiger partial charge in [0.15, 0.2) is 0 Å². The summed E-state index contributed by atoms with van der Waals surface area (Å²) in [5, 5.41) is 0. The van der Waals surface area contributed by atoms with Gasteiger partial charge in [0.1, 0.15) is 17.5 Å². The monoisotopic (exact) mass is 249 g/mol. The van der Waals surface area contributed by atoms with Gasteiger partial charge in [0.2, 0.25) is 0 Å². The van der Waals surface area contributed by atoms with E-state index >= 15 is 0 Å². The van der Waals surface area contributed by atoms with Crippen molar-refractivity contribution in [1.29, 1.82) is 0 Å². The number of aryl methyl sites for hydroxylation is 1. The van der Waals surface area contributed by atoms with Crippen molar-refractivity contribution in [3.05, 3.63) is 59.2 Å². The molecule has 2 rings (SSSR count). The lowest BCUT2D eigenvalue weighted by molar-refractivity contribution is 0.561. The maximum absolute atomic E-state index is 13.5. The Morgan fingerprint density at radius 2 is 2.06 bits per heavy atom. The van der Waals surface area contributed by atoms with Crippen molar-refractivity contribution in [3.8, 4) is 0 Å². The molecule has 0 aliphatic rings. The van der Waals surface area contributed by atoms with E-state index < -0.39 is 17.7 Å². The van der Waals surface area contributed by atoms with Gasteiger partial charge in [-0.05, 0) is 31.0 Å². The second-order valence-corrected chi connectivity index (χ2v) is 4.08. The van der Waals surface area contributed by atoms with Crippen LogP contribution < -0.4 is 5.73 Å². The van der Waals surface area contributed by atoms with Gasteiger partial charge in [0.25, 0.3) is 0 Å². The largest absolute Gasteiger partial charge is 0.322 e. The molecule has 1 atom stereocenters. The van der Waals surface area contributed by atoms with Crippen molar-refractivity contribution in [2.45, 2.75) is 19.4 Å². The Morgan fingerprint density at radius 3 is 2.72 bits per heavy atom. The number of aromatic nitrogens is 2. The summed E-state index contributed by atoms with van der Waals surface area (Å²) >= 11 is 0. The number of nitrogens with two attached hydrogens (primary N) is 1. The highest BCUT2D eigenvalue weighted by atomic mass is 19.1. The third-order valence-electron chi connectivity index (χ3n) is 2.63. The van der Waals surface area contributed by atoms with Gasteiger partial charge in [-0.15, -0.1) is 0 Å². The van der Waals surface area contributed by atoms with Crippen LogP contribution in [-0.4, -0.2) is 9.97 Å². The minimum absolute atomic E-state index is 0.266. The third kappa shape index (κ3) is 2.87. The minimum atomic E-state index is -0.595. The molecule has 0 spiro atoms. The second kappa shape index (κ2) is 5.18. The average molecular weight is 249 g/mol. The van der Waals surface area contributed by atoms with Crippen LogP contribution in [0.4, 0.5) is 8.78 Å². The van der Waals surface area contributed by atoms with Gasteiger partial charge in [-0.25, -0.2) is 18.7 Å². The van der Waals surface area contributed by atoms with E-state index in [1.165, 1.54) is 12.1 Å². The molecule has 1 heterocycles. The molecule has 0 aliphatic heterocycles. The zero-order valence-electron chi connectivity index (χ0n) is 9.90. The number of hydrogen-bond acceptors (Lipinski definition) is 3. The smallest absolute Gasteiger partial charge is 0.129 e. The molecule has 1 aromatic carbocycles. The second-order valence-electron chi connectivity index (χ2n) is 4.08.